The van der Waals surface area contributed by atoms with E-state index < -0.39 is 0 Å². The first-order valence-corrected chi connectivity index (χ1v) is 6.41. The van der Waals surface area contributed by atoms with Gasteiger partial charge in [0, 0.05) is 11.1 Å². The summed E-state index contributed by atoms with van der Waals surface area (Å²) in [4.78, 5) is 12.2. The molecule has 0 aliphatic heterocycles. The zero-order valence-corrected chi connectivity index (χ0v) is 10.6. The van der Waals surface area contributed by atoms with Gasteiger partial charge in [0.1, 0.15) is 5.58 Å². The Morgan fingerprint density at radius 2 is 2.06 bits per heavy atom. The third-order valence-corrected chi connectivity index (χ3v) is 3.17. The molecule has 3 nitrogen and oxygen atoms in total. The first kappa shape index (κ1) is 12.8. The van der Waals surface area contributed by atoms with Crippen LogP contribution in [0, 0.1) is 0 Å². The highest BCUT2D eigenvalue weighted by atomic mass is 16.3. The van der Waals surface area contributed by atoms with Gasteiger partial charge >= 0.3 is 0 Å². The van der Waals surface area contributed by atoms with Gasteiger partial charge < -0.3 is 9.52 Å². The summed E-state index contributed by atoms with van der Waals surface area (Å²) in [5.74, 6) is 0. The second-order valence-corrected chi connectivity index (χ2v) is 4.50. The van der Waals surface area contributed by atoms with Gasteiger partial charge in [-0.3, -0.25) is 4.79 Å². The van der Waals surface area contributed by atoms with Crippen molar-refractivity contribution < 1.29 is 9.52 Å². The maximum Gasteiger partial charge on any atom is 0.195 e. The zero-order chi connectivity index (χ0) is 13.0. The summed E-state index contributed by atoms with van der Waals surface area (Å²) in [6.45, 7) is 2.02. The van der Waals surface area contributed by atoms with E-state index in [9.17, 15) is 9.90 Å². The van der Waals surface area contributed by atoms with Crippen LogP contribution < -0.4 is 5.43 Å². The summed E-state index contributed by atoms with van der Waals surface area (Å²) in [7, 11) is 0. The van der Waals surface area contributed by atoms with E-state index in [0.29, 0.717) is 16.5 Å². The van der Waals surface area contributed by atoms with Crippen molar-refractivity contribution in [3.63, 3.8) is 0 Å². The largest absolute Gasteiger partial charge is 0.463 e. The fourth-order valence-corrected chi connectivity index (χ4v) is 2.12. The van der Waals surface area contributed by atoms with E-state index in [1.807, 2.05) is 0 Å². The molecule has 3 heteroatoms. The van der Waals surface area contributed by atoms with Crippen LogP contribution in [0.1, 0.15) is 37.3 Å². The normalized spacial score (nSPS) is 11.0. The number of fused-ring (bicyclic) bond motifs is 1. The Bertz CT molecular complexity index is 584. The lowest BCUT2D eigenvalue weighted by Gasteiger charge is -2.04. The monoisotopic (exact) mass is 246 g/mol. The Balaban J connectivity index is 2.42. The van der Waals surface area contributed by atoms with Crippen LogP contribution in [0.15, 0.2) is 33.7 Å². The summed E-state index contributed by atoms with van der Waals surface area (Å²) in [6, 6.07) is 5.30. The quantitative estimate of drug-likeness (QED) is 0.825. The lowest BCUT2D eigenvalue weighted by Crippen LogP contribution is -2.09. The van der Waals surface area contributed by atoms with Crippen LogP contribution in [0.25, 0.3) is 11.0 Å². The number of rotatable bonds is 5. The maximum atomic E-state index is 12.2. The Labute approximate surface area is 106 Å². The number of hydrogen-bond acceptors (Lipinski definition) is 3. The fraction of sp³-hybridized carbons (Fsp3) is 0.400. The highest BCUT2D eigenvalue weighted by molar-refractivity contribution is 5.79. The van der Waals surface area contributed by atoms with E-state index in [2.05, 4.69) is 6.92 Å². The van der Waals surface area contributed by atoms with Gasteiger partial charge in [0.05, 0.1) is 18.3 Å². The van der Waals surface area contributed by atoms with Crippen molar-refractivity contribution in [1.82, 2.24) is 0 Å². The van der Waals surface area contributed by atoms with Gasteiger partial charge in [-0.15, -0.1) is 0 Å². The minimum Gasteiger partial charge on any atom is -0.463 e. The molecule has 0 saturated heterocycles. The first-order chi connectivity index (χ1) is 8.77. The minimum atomic E-state index is -0.116. The highest BCUT2D eigenvalue weighted by Gasteiger charge is 2.09. The molecule has 0 atom stereocenters. The maximum absolute atomic E-state index is 12.2. The second kappa shape index (κ2) is 5.83. The summed E-state index contributed by atoms with van der Waals surface area (Å²) >= 11 is 0. The molecule has 0 spiro atoms. The van der Waals surface area contributed by atoms with Gasteiger partial charge in [0.25, 0.3) is 0 Å². The molecule has 0 aliphatic rings. The van der Waals surface area contributed by atoms with Crippen molar-refractivity contribution in [2.24, 2.45) is 0 Å². The molecule has 0 amide bonds. The molecule has 1 heterocycles. The topological polar surface area (TPSA) is 50.4 Å². The summed E-state index contributed by atoms with van der Waals surface area (Å²) in [5.41, 5.74) is 1.92. The Morgan fingerprint density at radius 1 is 1.22 bits per heavy atom. The van der Waals surface area contributed by atoms with Crippen molar-refractivity contribution in [2.45, 2.75) is 39.2 Å². The summed E-state index contributed by atoms with van der Waals surface area (Å²) < 4.78 is 5.52. The molecular formula is C15H18O3. The van der Waals surface area contributed by atoms with Crippen LogP contribution in [-0.2, 0) is 13.0 Å². The predicted molar refractivity (Wildman–Crippen MR) is 71.6 cm³/mol. The van der Waals surface area contributed by atoms with Crippen LogP contribution >= 0.6 is 0 Å². The van der Waals surface area contributed by atoms with Crippen molar-refractivity contribution in [1.29, 1.82) is 0 Å². The SMILES string of the molecule is CCCCCc1coc2c(CO)cccc2c1=O. The molecule has 1 N–H and O–H groups in total. The van der Waals surface area contributed by atoms with Gasteiger partial charge in [0.2, 0.25) is 0 Å². The standard InChI is InChI=1S/C15H18O3/c1-2-3-4-6-12-10-18-15-11(9-16)7-5-8-13(15)14(12)17/h5,7-8,10,16H,2-4,6,9H2,1H3. The lowest BCUT2D eigenvalue weighted by atomic mass is 10.1. The van der Waals surface area contributed by atoms with Crippen molar-refractivity contribution in [3.05, 3.63) is 45.8 Å². The highest BCUT2D eigenvalue weighted by Crippen LogP contribution is 2.17. The average Bonchev–Trinajstić information content (AvgIpc) is 2.41. The predicted octanol–water partition coefficient (Wildman–Crippen LogP) is 3.02. The molecule has 0 fully saturated rings. The third kappa shape index (κ3) is 2.46. The van der Waals surface area contributed by atoms with E-state index in [-0.39, 0.29) is 12.0 Å². The minimum absolute atomic E-state index is 0.0302. The van der Waals surface area contributed by atoms with Gasteiger partial charge in [0.15, 0.2) is 5.43 Å². The smallest absolute Gasteiger partial charge is 0.195 e. The summed E-state index contributed by atoms with van der Waals surface area (Å²) in [6.07, 6.45) is 5.56. The Hall–Kier alpha value is -1.61. The number of aliphatic hydroxyl groups is 1. The fourth-order valence-electron chi connectivity index (χ4n) is 2.12. The van der Waals surface area contributed by atoms with Crippen molar-refractivity contribution in [3.8, 4) is 0 Å². The van der Waals surface area contributed by atoms with Crippen LogP contribution in [0.5, 0.6) is 0 Å². The van der Waals surface area contributed by atoms with Gasteiger partial charge in [-0.25, -0.2) is 0 Å². The zero-order valence-electron chi connectivity index (χ0n) is 10.6. The molecule has 1 aromatic carbocycles. The molecule has 0 radical (unpaired) electrons. The molecule has 1 aromatic heterocycles. The lowest BCUT2D eigenvalue weighted by molar-refractivity contribution is 0.281. The molecular weight excluding hydrogens is 228 g/mol. The summed E-state index contributed by atoms with van der Waals surface area (Å²) in [5, 5.41) is 9.77. The number of benzene rings is 1. The number of unbranched alkanes of at least 4 members (excludes halogenated alkanes) is 2. The number of aryl methyl sites for hydroxylation is 1. The van der Waals surface area contributed by atoms with Crippen molar-refractivity contribution in [2.75, 3.05) is 0 Å². The van der Waals surface area contributed by atoms with Crippen LogP contribution in [0.2, 0.25) is 0 Å². The number of aliphatic hydroxyl groups excluding tert-OH is 1. The van der Waals surface area contributed by atoms with Gasteiger partial charge in [-0.2, -0.15) is 0 Å². The van der Waals surface area contributed by atoms with Crippen LogP contribution in [0.3, 0.4) is 0 Å². The molecule has 18 heavy (non-hydrogen) atoms. The van der Waals surface area contributed by atoms with E-state index in [4.69, 9.17) is 4.42 Å². The molecule has 0 bridgehead atoms. The van der Waals surface area contributed by atoms with E-state index in [1.54, 1.807) is 24.5 Å². The molecule has 0 aliphatic carbocycles. The Kier molecular flexibility index (Phi) is 4.15. The van der Waals surface area contributed by atoms with E-state index in [1.165, 1.54) is 0 Å². The van der Waals surface area contributed by atoms with Crippen LogP contribution in [-0.4, -0.2) is 5.11 Å². The number of hydrogen-bond donors (Lipinski definition) is 1. The molecule has 0 unspecified atom stereocenters. The van der Waals surface area contributed by atoms with E-state index in [0.717, 1.165) is 31.2 Å². The molecule has 96 valence electrons. The molecule has 2 rings (SSSR count). The second-order valence-electron chi connectivity index (χ2n) is 4.50. The van der Waals surface area contributed by atoms with Gasteiger partial charge in [-0.05, 0) is 18.9 Å². The van der Waals surface area contributed by atoms with Crippen LogP contribution in [0.4, 0.5) is 0 Å². The molecule has 2 aromatic rings. The average molecular weight is 246 g/mol. The first-order valence-electron chi connectivity index (χ1n) is 6.41. The number of para-hydroxylation sites is 1. The third-order valence-electron chi connectivity index (χ3n) is 3.17. The van der Waals surface area contributed by atoms with Gasteiger partial charge in [-0.1, -0.05) is 31.9 Å². The van der Waals surface area contributed by atoms with E-state index >= 15 is 0 Å². The Morgan fingerprint density at radius 3 is 2.78 bits per heavy atom. The van der Waals surface area contributed by atoms with Crippen molar-refractivity contribution >= 4 is 11.0 Å². The molecule has 0 saturated carbocycles.